The van der Waals surface area contributed by atoms with Gasteiger partial charge in [0.1, 0.15) is 5.82 Å². The number of amides is 1. The van der Waals surface area contributed by atoms with Crippen LogP contribution >= 0.6 is 11.3 Å². The first kappa shape index (κ1) is 13.0. The maximum absolute atomic E-state index is 12.7. The first-order valence-electron chi connectivity index (χ1n) is 6.44. The van der Waals surface area contributed by atoms with E-state index >= 15 is 0 Å². The number of aryl methyl sites for hydroxylation is 2. The van der Waals surface area contributed by atoms with Gasteiger partial charge in [-0.25, -0.2) is 9.37 Å². The van der Waals surface area contributed by atoms with E-state index in [1.54, 1.807) is 29.5 Å². The van der Waals surface area contributed by atoms with E-state index in [9.17, 15) is 9.18 Å². The van der Waals surface area contributed by atoms with Crippen LogP contribution in [0.15, 0.2) is 30.3 Å². The molecular formula is C15H13FN2OS. The van der Waals surface area contributed by atoms with Crippen LogP contribution in [0.3, 0.4) is 0 Å². The molecule has 3 nitrogen and oxygen atoms in total. The fourth-order valence-electron chi connectivity index (χ4n) is 2.14. The summed E-state index contributed by atoms with van der Waals surface area (Å²) < 4.78 is 12.7. The summed E-state index contributed by atoms with van der Waals surface area (Å²) >= 11 is 1.55. The lowest BCUT2D eigenvalue weighted by atomic mass is 10.2. The Hall–Kier alpha value is -2.01. The summed E-state index contributed by atoms with van der Waals surface area (Å²) in [5, 5.41) is 3.42. The van der Waals surface area contributed by atoms with Crippen molar-refractivity contribution in [3.8, 4) is 0 Å². The summed E-state index contributed by atoms with van der Waals surface area (Å²) in [7, 11) is 0. The Balaban J connectivity index is 1.62. The molecule has 0 saturated carbocycles. The molecule has 3 rings (SSSR count). The minimum Gasteiger partial charge on any atom is -0.298 e. The van der Waals surface area contributed by atoms with E-state index in [0.29, 0.717) is 5.13 Å². The molecule has 0 bridgehead atoms. The van der Waals surface area contributed by atoms with Crippen LogP contribution in [0.5, 0.6) is 0 Å². The SMILES string of the molecule is O=C(/C=C/c1ccc(F)cc1)Nc1nc2c(s1)CCC2. The summed E-state index contributed by atoms with van der Waals surface area (Å²) in [6.07, 6.45) is 6.31. The molecule has 1 heterocycles. The van der Waals surface area contributed by atoms with Gasteiger partial charge in [0.25, 0.3) is 0 Å². The quantitative estimate of drug-likeness (QED) is 0.879. The van der Waals surface area contributed by atoms with E-state index < -0.39 is 0 Å². The third-order valence-electron chi connectivity index (χ3n) is 3.12. The van der Waals surface area contributed by atoms with Crippen molar-refractivity contribution in [2.75, 3.05) is 5.32 Å². The first-order chi connectivity index (χ1) is 9.70. The number of aromatic nitrogens is 1. The number of fused-ring (bicyclic) bond motifs is 1. The molecule has 102 valence electrons. The number of benzene rings is 1. The molecule has 2 aromatic rings. The fourth-order valence-corrected chi connectivity index (χ4v) is 3.19. The van der Waals surface area contributed by atoms with Crippen LogP contribution in [-0.2, 0) is 17.6 Å². The van der Waals surface area contributed by atoms with E-state index in [-0.39, 0.29) is 11.7 Å². The number of nitrogens with zero attached hydrogens (tertiary/aromatic N) is 1. The van der Waals surface area contributed by atoms with Crippen LogP contribution in [0.25, 0.3) is 6.08 Å². The normalized spacial score (nSPS) is 13.7. The maximum Gasteiger partial charge on any atom is 0.250 e. The molecule has 1 aromatic heterocycles. The monoisotopic (exact) mass is 288 g/mol. The zero-order chi connectivity index (χ0) is 13.9. The average Bonchev–Trinajstić information content (AvgIpc) is 2.99. The number of halogens is 1. The molecule has 1 aliphatic rings. The smallest absolute Gasteiger partial charge is 0.250 e. The topological polar surface area (TPSA) is 42.0 Å². The molecular weight excluding hydrogens is 275 g/mol. The number of hydrogen-bond donors (Lipinski definition) is 1. The maximum atomic E-state index is 12.7. The second-order valence-corrected chi connectivity index (χ2v) is 5.70. The van der Waals surface area contributed by atoms with Crippen molar-refractivity contribution < 1.29 is 9.18 Å². The molecule has 20 heavy (non-hydrogen) atoms. The molecule has 0 saturated heterocycles. The fraction of sp³-hybridized carbons (Fsp3) is 0.200. The predicted molar refractivity (Wildman–Crippen MR) is 78.2 cm³/mol. The van der Waals surface area contributed by atoms with Crippen LogP contribution in [0.2, 0.25) is 0 Å². The number of nitrogens with one attached hydrogen (secondary N) is 1. The molecule has 1 aliphatic carbocycles. The van der Waals surface area contributed by atoms with Crippen molar-refractivity contribution >= 4 is 28.5 Å². The van der Waals surface area contributed by atoms with Gasteiger partial charge < -0.3 is 0 Å². The van der Waals surface area contributed by atoms with Gasteiger partial charge in [-0.15, -0.1) is 11.3 Å². The Morgan fingerprint density at radius 3 is 2.85 bits per heavy atom. The van der Waals surface area contributed by atoms with Gasteiger partial charge in [0.15, 0.2) is 5.13 Å². The summed E-state index contributed by atoms with van der Waals surface area (Å²) in [5.41, 5.74) is 1.90. The lowest BCUT2D eigenvalue weighted by molar-refractivity contribution is -0.111. The van der Waals surface area contributed by atoms with Crippen LogP contribution < -0.4 is 5.32 Å². The number of rotatable bonds is 3. The molecule has 0 spiro atoms. The highest BCUT2D eigenvalue weighted by Crippen LogP contribution is 2.30. The molecule has 0 fully saturated rings. The van der Waals surface area contributed by atoms with Crippen LogP contribution in [0.4, 0.5) is 9.52 Å². The Kier molecular flexibility index (Phi) is 3.60. The van der Waals surface area contributed by atoms with E-state index in [1.807, 2.05) is 0 Å². The van der Waals surface area contributed by atoms with Gasteiger partial charge in [-0.1, -0.05) is 12.1 Å². The van der Waals surface area contributed by atoms with Crippen molar-refractivity contribution in [3.63, 3.8) is 0 Å². The van der Waals surface area contributed by atoms with Gasteiger partial charge in [-0.3, -0.25) is 10.1 Å². The number of carbonyl (C=O) groups excluding carboxylic acids is 1. The van der Waals surface area contributed by atoms with Gasteiger partial charge in [-0.05, 0) is 43.0 Å². The van der Waals surface area contributed by atoms with Crippen molar-refractivity contribution in [3.05, 3.63) is 52.3 Å². The minimum absolute atomic E-state index is 0.221. The number of anilines is 1. The molecule has 1 aromatic carbocycles. The zero-order valence-electron chi connectivity index (χ0n) is 10.7. The Morgan fingerprint density at radius 2 is 2.10 bits per heavy atom. The van der Waals surface area contributed by atoms with Crippen LogP contribution in [-0.4, -0.2) is 10.9 Å². The second kappa shape index (κ2) is 5.54. The summed E-state index contributed by atoms with van der Waals surface area (Å²) in [5.74, 6) is -0.509. The molecule has 0 unspecified atom stereocenters. The van der Waals surface area contributed by atoms with E-state index in [4.69, 9.17) is 0 Å². The minimum atomic E-state index is -0.288. The second-order valence-electron chi connectivity index (χ2n) is 4.62. The Morgan fingerprint density at radius 1 is 1.30 bits per heavy atom. The van der Waals surface area contributed by atoms with Crippen molar-refractivity contribution in [1.29, 1.82) is 0 Å². The van der Waals surface area contributed by atoms with Gasteiger partial charge in [0, 0.05) is 11.0 Å². The molecule has 5 heteroatoms. The van der Waals surface area contributed by atoms with E-state index in [2.05, 4.69) is 10.3 Å². The zero-order valence-corrected chi connectivity index (χ0v) is 11.5. The molecule has 0 radical (unpaired) electrons. The third-order valence-corrected chi connectivity index (χ3v) is 4.20. The highest BCUT2D eigenvalue weighted by atomic mass is 32.1. The summed E-state index contributed by atoms with van der Waals surface area (Å²) in [4.78, 5) is 17.5. The highest BCUT2D eigenvalue weighted by molar-refractivity contribution is 7.15. The van der Waals surface area contributed by atoms with E-state index in [1.165, 1.54) is 23.1 Å². The lowest BCUT2D eigenvalue weighted by Gasteiger charge is -1.97. The first-order valence-corrected chi connectivity index (χ1v) is 7.25. The highest BCUT2D eigenvalue weighted by Gasteiger charge is 2.17. The number of carbonyl (C=O) groups is 1. The van der Waals surface area contributed by atoms with Crippen molar-refractivity contribution in [1.82, 2.24) is 4.98 Å². The molecule has 0 atom stereocenters. The number of hydrogen-bond acceptors (Lipinski definition) is 3. The Labute approximate surface area is 120 Å². The number of thiazole rings is 1. The van der Waals surface area contributed by atoms with Gasteiger partial charge >= 0.3 is 0 Å². The van der Waals surface area contributed by atoms with Gasteiger partial charge in [0.05, 0.1) is 5.69 Å². The lowest BCUT2D eigenvalue weighted by Crippen LogP contribution is -2.07. The summed E-state index contributed by atoms with van der Waals surface area (Å²) in [6, 6.07) is 5.97. The largest absolute Gasteiger partial charge is 0.298 e. The van der Waals surface area contributed by atoms with Crippen molar-refractivity contribution in [2.45, 2.75) is 19.3 Å². The van der Waals surface area contributed by atoms with Gasteiger partial charge in [0.2, 0.25) is 5.91 Å². The molecule has 1 N–H and O–H groups in total. The molecule has 1 amide bonds. The van der Waals surface area contributed by atoms with Crippen molar-refractivity contribution in [2.24, 2.45) is 0 Å². The average molecular weight is 288 g/mol. The predicted octanol–water partition coefficient (Wildman–Crippen LogP) is 3.42. The standard InChI is InChI=1S/C15H13FN2OS/c16-11-7-4-10(5-8-11)6-9-14(19)18-15-17-12-2-1-3-13(12)20-15/h4-9H,1-3H2,(H,17,18,19)/b9-6+. The van der Waals surface area contributed by atoms with Gasteiger partial charge in [-0.2, -0.15) is 0 Å². The van der Waals surface area contributed by atoms with E-state index in [0.717, 1.165) is 30.5 Å². The third kappa shape index (κ3) is 2.93. The van der Waals surface area contributed by atoms with Crippen LogP contribution in [0, 0.1) is 5.82 Å². The molecule has 0 aliphatic heterocycles. The summed E-state index contributed by atoms with van der Waals surface area (Å²) in [6.45, 7) is 0. The van der Waals surface area contributed by atoms with Crippen LogP contribution in [0.1, 0.15) is 22.6 Å². The Bertz CT molecular complexity index is 640.